The van der Waals surface area contributed by atoms with Crippen molar-refractivity contribution in [1.29, 1.82) is 0 Å². The van der Waals surface area contributed by atoms with Crippen molar-refractivity contribution in [2.75, 3.05) is 13.2 Å². The summed E-state index contributed by atoms with van der Waals surface area (Å²) in [5, 5.41) is 0. The second-order valence-electron chi connectivity index (χ2n) is 4.78. The van der Waals surface area contributed by atoms with Crippen molar-refractivity contribution in [3.05, 3.63) is 35.4 Å². The summed E-state index contributed by atoms with van der Waals surface area (Å²) in [6.45, 7) is 3.68. The normalized spacial score (nSPS) is 15.7. The van der Waals surface area contributed by atoms with E-state index in [1.165, 1.54) is 0 Å². The van der Waals surface area contributed by atoms with Crippen LogP contribution < -0.4 is 0 Å². The molecule has 0 atom stereocenters. The van der Waals surface area contributed by atoms with Crippen molar-refractivity contribution in [3.63, 3.8) is 0 Å². The van der Waals surface area contributed by atoms with Gasteiger partial charge in [-0.25, -0.2) is 4.79 Å². The lowest BCUT2D eigenvalue weighted by molar-refractivity contribution is -0.160. The molecule has 4 nitrogen and oxygen atoms in total. The lowest BCUT2D eigenvalue weighted by atomic mass is 9.92. The lowest BCUT2D eigenvalue weighted by Gasteiger charge is -2.16. The van der Waals surface area contributed by atoms with E-state index in [1.807, 2.05) is 31.2 Å². The highest BCUT2D eigenvalue weighted by molar-refractivity contribution is 5.88. The molecule has 1 aromatic carbocycles. The van der Waals surface area contributed by atoms with Gasteiger partial charge in [-0.15, -0.1) is 0 Å². The highest BCUT2D eigenvalue weighted by Gasteiger charge is 2.53. The summed E-state index contributed by atoms with van der Waals surface area (Å²) in [7, 11) is 0. The number of rotatable bonds is 5. The van der Waals surface area contributed by atoms with E-state index in [1.54, 1.807) is 6.92 Å². The number of hydrogen-bond acceptors (Lipinski definition) is 4. The summed E-state index contributed by atoms with van der Waals surface area (Å²) in [5.74, 6) is -0.828. The molecule has 1 aliphatic rings. The Labute approximate surface area is 112 Å². The molecular weight excluding hydrogens is 244 g/mol. The maximum Gasteiger partial charge on any atom is 0.344 e. The summed E-state index contributed by atoms with van der Waals surface area (Å²) < 4.78 is 9.82. The Bertz CT molecular complexity index is 489. The van der Waals surface area contributed by atoms with E-state index < -0.39 is 11.4 Å². The van der Waals surface area contributed by atoms with E-state index in [0.717, 1.165) is 24.0 Å². The molecule has 0 unspecified atom stereocenters. The number of carbonyl (C=O) groups is 2. The SMILES string of the molecule is CCOC(=O)COC(=O)C1(c2ccccc2C)CC1. The Hall–Kier alpha value is -1.84. The largest absolute Gasteiger partial charge is 0.463 e. The van der Waals surface area contributed by atoms with Gasteiger partial charge in [0.15, 0.2) is 6.61 Å². The molecule has 0 spiro atoms. The predicted molar refractivity (Wildman–Crippen MR) is 69.7 cm³/mol. The summed E-state index contributed by atoms with van der Waals surface area (Å²) in [4.78, 5) is 23.4. The molecule has 0 amide bonds. The molecule has 1 saturated carbocycles. The second kappa shape index (κ2) is 5.43. The average Bonchev–Trinajstić information content (AvgIpc) is 3.18. The average molecular weight is 262 g/mol. The van der Waals surface area contributed by atoms with Crippen molar-refractivity contribution in [1.82, 2.24) is 0 Å². The Morgan fingerprint density at radius 3 is 2.47 bits per heavy atom. The molecule has 1 fully saturated rings. The van der Waals surface area contributed by atoms with Gasteiger partial charge in [-0.1, -0.05) is 24.3 Å². The van der Waals surface area contributed by atoms with Crippen LogP contribution in [0.5, 0.6) is 0 Å². The molecular formula is C15H18O4. The minimum absolute atomic E-state index is 0.291. The second-order valence-corrected chi connectivity index (χ2v) is 4.78. The van der Waals surface area contributed by atoms with Crippen molar-refractivity contribution in [2.45, 2.75) is 32.1 Å². The van der Waals surface area contributed by atoms with Crippen LogP contribution >= 0.6 is 0 Å². The Kier molecular flexibility index (Phi) is 3.88. The molecule has 0 radical (unpaired) electrons. The Morgan fingerprint density at radius 1 is 1.21 bits per heavy atom. The monoisotopic (exact) mass is 262 g/mol. The van der Waals surface area contributed by atoms with Gasteiger partial charge in [0.1, 0.15) is 0 Å². The minimum Gasteiger partial charge on any atom is -0.463 e. The quantitative estimate of drug-likeness (QED) is 0.763. The molecule has 19 heavy (non-hydrogen) atoms. The smallest absolute Gasteiger partial charge is 0.344 e. The van der Waals surface area contributed by atoms with E-state index >= 15 is 0 Å². The fourth-order valence-corrected chi connectivity index (χ4v) is 2.28. The maximum absolute atomic E-state index is 12.2. The zero-order valence-corrected chi connectivity index (χ0v) is 11.3. The molecule has 0 aromatic heterocycles. The molecule has 1 aromatic rings. The summed E-state index contributed by atoms with van der Waals surface area (Å²) >= 11 is 0. The molecule has 0 N–H and O–H groups in total. The number of carbonyl (C=O) groups excluding carboxylic acids is 2. The van der Waals surface area contributed by atoms with Crippen LogP contribution in [-0.4, -0.2) is 25.2 Å². The van der Waals surface area contributed by atoms with E-state index in [0.29, 0.717) is 6.61 Å². The molecule has 0 saturated heterocycles. The van der Waals surface area contributed by atoms with Gasteiger partial charge in [0, 0.05) is 0 Å². The van der Waals surface area contributed by atoms with Gasteiger partial charge in [0.2, 0.25) is 0 Å². The van der Waals surface area contributed by atoms with Gasteiger partial charge >= 0.3 is 11.9 Å². The van der Waals surface area contributed by atoms with Crippen LogP contribution in [0.3, 0.4) is 0 Å². The highest BCUT2D eigenvalue weighted by atomic mass is 16.6. The van der Waals surface area contributed by atoms with E-state index in [2.05, 4.69) is 0 Å². The number of benzene rings is 1. The number of hydrogen-bond donors (Lipinski definition) is 0. The molecule has 0 bridgehead atoms. The van der Waals surface area contributed by atoms with Crippen molar-refractivity contribution >= 4 is 11.9 Å². The first-order valence-electron chi connectivity index (χ1n) is 6.49. The van der Waals surface area contributed by atoms with Gasteiger partial charge in [-0.05, 0) is 37.8 Å². The first-order valence-corrected chi connectivity index (χ1v) is 6.49. The predicted octanol–water partition coefficient (Wildman–Crippen LogP) is 2.13. The Morgan fingerprint density at radius 2 is 1.89 bits per heavy atom. The van der Waals surface area contributed by atoms with Gasteiger partial charge in [-0.3, -0.25) is 4.79 Å². The van der Waals surface area contributed by atoms with E-state index in [4.69, 9.17) is 9.47 Å². The van der Waals surface area contributed by atoms with Crippen LogP contribution in [0.2, 0.25) is 0 Å². The number of esters is 2. The summed E-state index contributed by atoms with van der Waals surface area (Å²) in [6.07, 6.45) is 1.55. The fraction of sp³-hybridized carbons (Fsp3) is 0.467. The lowest BCUT2D eigenvalue weighted by Crippen LogP contribution is -2.27. The van der Waals surface area contributed by atoms with E-state index in [-0.39, 0.29) is 12.6 Å². The molecule has 0 aliphatic heterocycles. The standard InChI is InChI=1S/C15H18O4/c1-3-18-13(16)10-19-14(17)15(8-9-15)12-7-5-4-6-11(12)2/h4-7H,3,8-10H2,1-2H3. The molecule has 4 heteroatoms. The molecule has 102 valence electrons. The summed E-state index contributed by atoms with van der Waals surface area (Å²) in [6, 6.07) is 7.79. The summed E-state index contributed by atoms with van der Waals surface area (Å²) in [5.41, 5.74) is 1.54. The molecule has 2 rings (SSSR count). The third kappa shape index (κ3) is 2.78. The van der Waals surface area contributed by atoms with Crippen LogP contribution in [0.25, 0.3) is 0 Å². The first kappa shape index (κ1) is 13.6. The molecule has 1 aliphatic carbocycles. The number of ether oxygens (including phenoxy) is 2. The topological polar surface area (TPSA) is 52.6 Å². The van der Waals surface area contributed by atoms with Crippen LogP contribution in [-0.2, 0) is 24.5 Å². The maximum atomic E-state index is 12.2. The van der Waals surface area contributed by atoms with Gasteiger partial charge < -0.3 is 9.47 Å². The zero-order valence-electron chi connectivity index (χ0n) is 11.3. The number of aryl methyl sites for hydroxylation is 1. The Balaban J connectivity index is 2.03. The van der Waals surface area contributed by atoms with Gasteiger partial charge in [0.05, 0.1) is 12.0 Å². The molecule has 0 heterocycles. The van der Waals surface area contributed by atoms with Crippen LogP contribution in [0, 0.1) is 6.92 Å². The van der Waals surface area contributed by atoms with Gasteiger partial charge in [-0.2, -0.15) is 0 Å². The van der Waals surface area contributed by atoms with E-state index in [9.17, 15) is 9.59 Å². The highest BCUT2D eigenvalue weighted by Crippen LogP contribution is 2.50. The third-order valence-electron chi connectivity index (χ3n) is 3.43. The van der Waals surface area contributed by atoms with Crippen LogP contribution in [0.4, 0.5) is 0 Å². The van der Waals surface area contributed by atoms with Crippen molar-refractivity contribution in [2.24, 2.45) is 0 Å². The van der Waals surface area contributed by atoms with Crippen LogP contribution in [0.15, 0.2) is 24.3 Å². The van der Waals surface area contributed by atoms with Crippen LogP contribution in [0.1, 0.15) is 30.9 Å². The van der Waals surface area contributed by atoms with Gasteiger partial charge in [0.25, 0.3) is 0 Å². The first-order chi connectivity index (χ1) is 9.10. The minimum atomic E-state index is -0.544. The van der Waals surface area contributed by atoms with Crippen molar-refractivity contribution < 1.29 is 19.1 Å². The van der Waals surface area contributed by atoms with Crippen molar-refractivity contribution in [3.8, 4) is 0 Å². The fourth-order valence-electron chi connectivity index (χ4n) is 2.28. The third-order valence-corrected chi connectivity index (χ3v) is 3.43. The zero-order chi connectivity index (χ0) is 13.9.